The van der Waals surface area contributed by atoms with Crippen molar-refractivity contribution in [1.29, 1.82) is 0 Å². The zero-order valence-electron chi connectivity index (χ0n) is 19.8. The Balaban J connectivity index is 1.68. The highest BCUT2D eigenvalue weighted by molar-refractivity contribution is 7.17. The van der Waals surface area contributed by atoms with Gasteiger partial charge in [-0.1, -0.05) is 32.9 Å². The third kappa shape index (κ3) is 4.99. The Morgan fingerprint density at radius 1 is 1.03 bits per heavy atom. The molecule has 3 aromatic rings. The van der Waals surface area contributed by atoms with E-state index in [1.165, 1.54) is 29.5 Å². The van der Waals surface area contributed by atoms with Crippen LogP contribution in [0.4, 0.5) is 15.1 Å². The van der Waals surface area contributed by atoms with E-state index in [1.807, 2.05) is 0 Å². The Morgan fingerprint density at radius 3 is 2.38 bits per heavy atom. The molecule has 0 radical (unpaired) electrons. The van der Waals surface area contributed by atoms with Gasteiger partial charge < -0.3 is 15.4 Å². The van der Waals surface area contributed by atoms with Crippen LogP contribution < -0.4 is 15.4 Å². The molecule has 4 rings (SSSR count). The van der Waals surface area contributed by atoms with E-state index in [1.54, 1.807) is 37.4 Å². The molecule has 0 aliphatic heterocycles. The van der Waals surface area contributed by atoms with Gasteiger partial charge in [-0.15, -0.1) is 11.3 Å². The molecule has 1 atom stereocenters. The fraction of sp³-hybridized carbons (Fsp3) is 0.333. The van der Waals surface area contributed by atoms with Crippen LogP contribution in [-0.4, -0.2) is 18.9 Å². The maximum atomic E-state index is 14.2. The molecule has 34 heavy (non-hydrogen) atoms. The van der Waals surface area contributed by atoms with Gasteiger partial charge in [0, 0.05) is 10.6 Å². The molecule has 0 spiro atoms. The van der Waals surface area contributed by atoms with E-state index in [2.05, 4.69) is 31.4 Å². The first-order chi connectivity index (χ1) is 16.2. The standard InChI is InChI=1S/C27H29FN2O3S/c1-27(2,3)16-9-14-20-22(15-16)34-26(30-24(31)19-7-5-6-8-21(19)28)23(20)25(32)29-17-10-12-18(33-4)13-11-17/h5-8,10-13,16H,9,14-15H2,1-4H3,(H,29,32)(H,30,31). The molecule has 1 aliphatic carbocycles. The van der Waals surface area contributed by atoms with Crippen molar-refractivity contribution in [1.82, 2.24) is 0 Å². The first-order valence-electron chi connectivity index (χ1n) is 11.3. The molecular weight excluding hydrogens is 451 g/mol. The second kappa shape index (κ2) is 9.58. The number of thiophene rings is 1. The summed E-state index contributed by atoms with van der Waals surface area (Å²) in [5.41, 5.74) is 2.15. The van der Waals surface area contributed by atoms with Gasteiger partial charge in [0.25, 0.3) is 11.8 Å². The maximum absolute atomic E-state index is 14.2. The monoisotopic (exact) mass is 480 g/mol. The van der Waals surface area contributed by atoms with Gasteiger partial charge in [0.2, 0.25) is 0 Å². The summed E-state index contributed by atoms with van der Waals surface area (Å²) in [6.07, 6.45) is 2.58. The van der Waals surface area contributed by atoms with Gasteiger partial charge in [0.1, 0.15) is 16.6 Å². The van der Waals surface area contributed by atoms with E-state index in [9.17, 15) is 14.0 Å². The number of anilines is 2. The molecule has 0 saturated heterocycles. The number of rotatable bonds is 5. The van der Waals surface area contributed by atoms with Gasteiger partial charge in [-0.2, -0.15) is 0 Å². The Kier molecular flexibility index (Phi) is 6.75. The van der Waals surface area contributed by atoms with Crippen LogP contribution in [0.25, 0.3) is 0 Å². The molecular formula is C27H29FN2O3S. The van der Waals surface area contributed by atoms with Crippen LogP contribution in [0.5, 0.6) is 5.75 Å². The number of ether oxygens (including phenoxy) is 1. The number of halogens is 1. The topological polar surface area (TPSA) is 67.4 Å². The molecule has 1 aliphatic rings. The number of methoxy groups -OCH3 is 1. The number of amides is 2. The van der Waals surface area contributed by atoms with Crippen molar-refractivity contribution in [3.8, 4) is 5.75 Å². The second-order valence-corrected chi connectivity index (χ2v) is 10.7. The highest BCUT2D eigenvalue weighted by Crippen LogP contribution is 2.44. The first kappa shape index (κ1) is 24.0. The smallest absolute Gasteiger partial charge is 0.259 e. The molecule has 1 heterocycles. The summed E-state index contributed by atoms with van der Waals surface area (Å²) in [4.78, 5) is 27.4. The van der Waals surface area contributed by atoms with Gasteiger partial charge in [0.15, 0.2) is 0 Å². The van der Waals surface area contributed by atoms with Crippen LogP contribution in [0, 0.1) is 17.2 Å². The lowest BCUT2D eigenvalue weighted by Gasteiger charge is -2.33. The van der Waals surface area contributed by atoms with Crippen LogP contribution in [0.2, 0.25) is 0 Å². The molecule has 0 saturated carbocycles. The highest BCUT2D eigenvalue weighted by atomic mass is 32.1. The quantitative estimate of drug-likeness (QED) is 0.435. The molecule has 178 valence electrons. The summed E-state index contributed by atoms with van der Waals surface area (Å²) in [5.74, 6) is -0.287. The number of carbonyl (C=O) groups excluding carboxylic acids is 2. The average Bonchev–Trinajstić information content (AvgIpc) is 3.16. The molecule has 2 N–H and O–H groups in total. The molecule has 2 amide bonds. The minimum absolute atomic E-state index is 0.0528. The minimum atomic E-state index is -0.599. The fourth-order valence-corrected chi connectivity index (χ4v) is 5.66. The summed E-state index contributed by atoms with van der Waals surface area (Å²) < 4.78 is 19.4. The SMILES string of the molecule is COc1ccc(NC(=O)c2c(NC(=O)c3ccccc3F)sc3c2CCC(C(C)(C)C)C3)cc1. The first-order valence-corrected chi connectivity index (χ1v) is 12.1. The molecule has 7 heteroatoms. The Morgan fingerprint density at radius 2 is 1.74 bits per heavy atom. The van der Waals surface area contributed by atoms with Crippen molar-refractivity contribution in [2.24, 2.45) is 11.3 Å². The fourth-order valence-electron chi connectivity index (χ4n) is 4.34. The van der Waals surface area contributed by atoms with Crippen LogP contribution in [0.1, 0.15) is 58.3 Å². The average molecular weight is 481 g/mol. The molecule has 1 unspecified atom stereocenters. The second-order valence-electron chi connectivity index (χ2n) is 9.63. The minimum Gasteiger partial charge on any atom is -0.497 e. The van der Waals surface area contributed by atoms with Gasteiger partial charge in [-0.25, -0.2) is 4.39 Å². The van der Waals surface area contributed by atoms with Crippen LogP contribution in [-0.2, 0) is 12.8 Å². The van der Waals surface area contributed by atoms with Crippen LogP contribution in [0.15, 0.2) is 48.5 Å². The van der Waals surface area contributed by atoms with Crippen molar-refractivity contribution in [2.75, 3.05) is 17.7 Å². The lowest BCUT2D eigenvalue weighted by molar-refractivity contribution is 0.102. The normalized spacial score (nSPS) is 15.4. The van der Waals surface area contributed by atoms with E-state index < -0.39 is 11.7 Å². The van der Waals surface area contributed by atoms with E-state index in [0.717, 1.165) is 29.7 Å². The van der Waals surface area contributed by atoms with Gasteiger partial charge in [-0.05, 0) is 72.6 Å². The lowest BCUT2D eigenvalue weighted by atomic mass is 9.72. The third-order valence-electron chi connectivity index (χ3n) is 6.41. The van der Waals surface area contributed by atoms with E-state index in [0.29, 0.717) is 27.9 Å². The number of hydrogen-bond donors (Lipinski definition) is 2. The van der Waals surface area contributed by atoms with E-state index >= 15 is 0 Å². The van der Waals surface area contributed by atoms with Crippen molar-refractivity contribution in [3.05, 3.63) is 75.9 Å². The molecule has 2 aromatic carbocycles. The third-order valence-corrected chi connectivity index (χ3v) is 7.58. The summed E-state index contributed by atoms with van der Waals surface area (Å²) >= 11 is 1.42. The Hall–Kier alpha value is -3.19. The van der Waals surface area contributed by atoms with Crippen molar-refractivity contribution in [2.45, 2.75) is 40.0 Å². The van der Waals surface area contributed by atoms with Crippen molar-refractivity contribution < 1.29 is 18.7 Å². The zero-order valence-corrected chi connectivity index (χ0v) is 20.6. The molecule has 0 bridgehead atoms. The molecule has 5 nitrogen and oxygen atoms in total. The van der Waals surface area contributed by atoms with Gasteiger partial charge in [-0.3, -0.25) is 9.59 Å². The van der Waals surface area contributed by atoms with E-state index in [-0.39, 0.29) is 16.9 Å². The lowest BCUT2D eigenvalue weighted by Crippen LogP contribution is -2.27. The molecule has 1 aromatic heterocycles. The van der Waals surface area contributed by atoms with Crippen LogP contribution in [0.3, 0.4) is 0 Å². The number of nitrogens with one attached hydrogen (secondary N) is 2. The van der Waals surface area contributed by atoms with Crippen LogP contribution >= 0.6 is 11.3 Å². The zero-order chi connectivity index (χ0) is 24.5. The maximum Gasteiger partial charge on any atom is 0.259 e. The predicted octanol–water partition coefficient (Wildman–Crippen LogP) is 6.55. The number of carbonyl (C=O) groups is 2. The summed E-state index contributed by atoms with van der Waals surface area (Å²) in [5, 5.41) is 6.22. The number of fused-ring (bicyclic) bond motifs is 1. The number of hydrogen-bond acceptors (Lipinski definition) is 4. The summed E-state index contributed by atoms with van der Waals surface area (Å²) in [7, 11) is 1.58. The summed E-state index contributed by atoms with van der Waals surface area (Å²) in [6.45, 7) is 6.69. The largest absolute Gasteiger partial charge is 0.497 e. The number of benzene rings is 2. The predicted molar refractivity (Wildman–Crippen MR) is 135 cm³/mol. The molecule has 0 fully saturated rings. The summed E-state index contributed by atoms with van der Waals surface area (Å²) in [6, 6.07) is 12.9. The highest BCUT2D eigenvalue weighted by Gasteiger charge is 2.34. The van der Waals surface area contributed by atoms with E-state index in [4.69, 9.17) is 4.74 Å². The van der Waals surface area contributed by atoms with Gasteiger partial charge >= 0.3 is 0 Å². The van der Waals surface area contributed by atoms with Crippen molar-refractivity contribution >= 4 is 33.8 Å². The Labute approximate surface area is 203 Å². The Bertz CT molecular complexity index is 1210. The van der Waals surface area contributed by atoms with Crippen molar-refractivity contribution in [3.63, 3.8) is 0 Å². The van der Waals surface area contributed by atoms with Gasteiger partial charge in [0.05, 0.1) is 18.2 Å².